The zero-order chi connectivity index (χ0) is 16.1. The topological polar surface area (TPSA) is 107 Å². The van der Waals surface area contributed by atoms with E-state index in [-0.39, 0.29) is 22.6 Å². The molecule has 3 rings (SSSR count). The molecule has 2 aliphatic rings. The molecular weight excluding hydrogens is 313 g/mol. The Bertz CT molecular complexity index is 845. The van der Waals surface area contributed by atoms with Gasteiger partial charge in [0.1, 0.15) is 17.9 Å². The summed E-state index contributed by atoms with van der Waals surface area (Å²) in [6.45, 7) is -0.455. The fourth-order valence-electron chi connectivity index (χ4n) is 2.83. The molecule has 2 aliphatic heterocycles. The van der Waals surface area contributed by atoms with E-state index in [4.69, 9.17) is 5.26 Å². The zero-order valence-corrected chi connectivity index (χ0v) is 12.0. The lowest BCUT2D eigenvalue weighted by atomic mass is 9.86. The van der Waals surface area contributed by atoms with Crippen LogP contribution in [-0.2, 0) is 20.2 Å². The second-order valence-corrected chi connectivity index (χ2v) is 7.17. The third-order valence-corrected chi connectivity index (χ3v) is 5.65. The Kier molecular flexibility index (Phi) is 2.97. The number of rotatable bonds is 1. The van der Waals surface area contributed by atoms with E-state index in [1.54, 1.807) is 6.07 Å². The maximum atomic E-state index is 13.6. The Hall–Kier alpha value is -2.47. The number of imide groups is 1. The maximum Gasteiger partial charge on any atom is 0.326 e. The zero-order valence-electron chi connectivity index (χ0n) is 11.2. The smallest absolute Gasteiger partial charge is 0.319 e. The molecule has 7 nitrogen and oxygen atoms in total. The number of halogens is 1. The van der Waals surface area contributed by atoms with Crippen molar-refractivity contribution in [2.45, 2.75) is 16.9 Å². The molecule has 3 amide bonds. The molecule has 9 heteroatoms. The Morgan fingerprint density at radius 3 is 2.82 bits per heavy atom. The predicted molar refractivity (Wildman–Crippen MR) is 70.6 cm³/mol. The van der Waals surface area contributed by atoms with Gasteiger partial charge in [-0.1, -0.05) is 0 Å². The number of urea groups is 1. The van der Waals surface area contributed by atoms with E-state index in [0.717, 1.165) is 18.2 Å². The number of carbonyl (C=O) groups excluding carboxylic acids is 2. The van der Waals surface area contributed by atoms with Gasteiger partial charge in [0.2, 0.25) is 0 Å². The van der Waals surface area contributed by atoms with Crippen molar-refractivity contribution >= 4 is 21.8 Å². The van der Waals surface area contributed by atoms with Gasteiger partial charge in [-0.3, -0.25) is 4.79 Å². The van der Waals surface area contributed by atoms with Crippen LogP contribution in [-0.4, -0.2) is 37.6 Å². The number of benzene rings is 1. The number of sulfone groups is 1. The molecule has 2 heterocycles. The maximum absolute atomic E-state index is 13.6. The SMILES string of the molecule is N#CCN1C(=O)N[C@@]2(CCS(=O)(=O)c3ccc(F)cc32)C1=O. The highest BCUT2D eigenvalue weighted by molar-refractivity contribution is 7.91. The number of fused-ring (bicyclic) bond motifs is 2. The van der Waals surface area contributed by atoms with Gasteiger partial charge < -0.3 is 5.32 Å². The van der Waals surface area contributed by atoms with Gasteiger partial charge in [-0.05, 0) is 24.6 Å². The Labute approximate surface area is 125 Å². The number of nitriles is 1. The van der Waals surface area contributed by atoms with Gasteiger partial charge in [0.15, 0.2) is 9.84 Å². The first kappa shape index (κ1) is 14.5. The molecule has 22 heavy (non-hydrogen) atoms. The molecule has 0 aromatic heterocycles. The number of hydrogen-bond donors (Lipinski definition) is 1. The standard InChI is InChI=1S/C13H10FN3O4S/c14-8-1-2-10-9(7-8)13(3-6-22(10,20)21)11(18)17(5-4-15)12(19)16-13/h1-2,7H,3,5-6H2,(H,16,19)/t13-/m1/s1. The van der Waals surface area contributed by atoms with E-state index in [0.29, 0.717) is 4.90 Å². The summed E-state index contributed by atoms with van der Waals surface area (Å²) in [5.74, 6) is -1.80. The summed E-state index contributed by atoms with van der Waals surface area (Å²) in [5.41, 5.74) is -1.71. The average Bonchev–Trinajstić information content (AvgIpc) is 2.69. The molecule has 1 saturated heterocycles. The highest BCUT2D eigenvalue weighted by atomic mass is 32.2. The average molecular weight is 323 g/mol. The van der Waals surface area contributed by atoms with E-state index in [9.17, 15) is 22.4 Å². The molecule has 0 bridgehead atoms. The Balaban J connectivity index is 2.23. The minimum Gasteiger partial charge on any atom is -0.319 e. The lowest BCUT2D eigenvalue weighted by molar-refractivity contribution is -0.131. The third kappa shape index (κ3) is 1.80. The Morgan fingerprint density at radius 2 is 2.14 bits per heavy atom. The summed E-state index contributed by atoms with van der Waals surface area (Å²) in [5, 5.41) is 11.1. The number of hydrogen-bond acceptors (Lipinski definition) is 5. The van der Waals surface area contributed by atoms with Crippen molar-refractivity contribution in [3.63, 3.8) is 0 Å². The van der Waals surface area contributed by atoms with E-state index >= 15 is 0 Å². The molecule has 1 N–H and O–H groups in total. The number of nitrogens with zero attached hydrogens (tertiary/aromatic N) is 2. The van der Waals surface area contributed by atoms with Crippen LogP contribution < -0.4 is 5.32 Å². The van der Waals surface area contributed by atoms with Gasteiger partial charge in [-0.15, -0.1) is 0 Å². The largest absolute Gasteiger partial charge is 0.326 e. The first-order chi connectivity index (χ1) is 10.3. The molecule has 1 spiro atoms. The van der Waals surface area contributed by atoms with Crippen molar-refractivity contribution in [1.29, 1.82) is 5.26 Å². The van der Waals surface area contributed by atoms with Crippen LogP contribution in [0.3, 0.4) is 0 Å². The quantitative estimate of drug-likeness (QED) is 0.453. The monoisotopic (exact) mass is 323 g/mol. The van der Waals surface area contributed by atoms with Crippen molar-refractivity contribution in [2.75, 3.05) is 12.3 Å². The van der Waals surface area contributed by atoms with Crippen LogP contribution in [0, 0.1) is 17.1 Å². The normalized spacial score (nSPS) is 25.7. The molecule has 114 valence electrons. The van der Waals surface area contributed by atoms with E-state index in [1.165, 1.54) is 0 Å². The summed E-state index contributed by atoms with van der Waals surface area (Å²) in [6.07, 6.45) is -0.196. The second kappa shape index (κ2) is 4.51. The van der Waals surface area contributed by atoms with Crippen molar-refractivity contribution in [1.82, 2.24) is 10.2 Å². The minimum atomic E-state index is -3.65. The molecule has 0 aliphatic carbocycles. The Morgan fingerprint density at radius 1 is 1.41 bits per heavy atom. The minimum absolute atomic E-state index is 0.0856. The van der Waals surface area contributed by atoms with Gasteiger partial charge in [0.05, 0.1) is 16.7 Å². The molecular formula is C13H10FN3O4S. The van der Waals surface area contributed by atoms with E-state index in [2.05, 4.69) is 5.32 Å². The van der Waals surface area contributed by atoms with Crippen molar-refractivity contribution in [3.8, 4) is 6.07 Å². The van der Waals surface area contributed by atoms with Gasteiger partial charge in [-0.2, -0.15) is 5.26 Å². The van der Waals surface area contributed by atoms with Crippen LogP contribution in [0.25, 0.3) is 0 Å². The number of amides is 3. The van der Waals surface area contributed by atoms with Gasteiger partial charge in [0.25, 0.3) is 5.91 Å². The summed E-state index contributed by atoms with van der Waals surface area (Å²) in [6, 6.07) is 3.93. The van der Waals surface area contributed by atoms with Crippen molar-refractivity contribution in [2.24, 2.45) is 0 Å². The summed E-state index contributed by atoms with van der Waals surface area (Å²) < 4.78 is 37.8. The molecule has 1 fully saturated rings. The van der Waals surface area contributed by atoms with Gasteiger partial charge in [-0.25, -0.2) is 22.5 Å². The summed E-state index contributed by atoms with van der Waals surface area (Å²) in [4.78, 5) is 25.0. The number of nitrogens with one attached hydrogen (secondary N) is 1. The molecule has 1 aromatic carbocycles. The first-order valence-corrected chi connectivity index (χ1v) is 8.01. The van der Waals surface area contributed by atoms with Crippen LogP contribution in [0.1, 0.15) is 12.0 Å². The lowest BCUT2D eigenvalue weighted by Crippen LogP contribution is -2.49. The van der Waals surface area contributed by atoms with Gasteiger partial charge in [0, 0.05) is 5.56 Å². The summed E-state index contributed by atoms with van der Waals surface area (Å²) in [7, 11) is -3.65. The van der Waals surface area contributed by atoms with Crippen molar-refractivity contribution in [3.05, 3.63) is 29.6 Å². The fourth-order valence-corrected chi connectivity index (χ4v) is 4.47. The summed E-state index contributed by atoms with van der Waals surface area (Å²) >= 11 is 0. The van der Waals surface area contributed by atoms with Crippen molar-refractivity contribution < 1.29 is 22.4 Å². The lowest BCUT2D eigenvalue weighted by Gasteiger charge is -2.32. The fraction of sp³-hybridized carbons (Fsp3) is 0.308. The number of carbonyl (C=O) groups is 2. The van der Waals surface area contributed by atoms with Crippen LogP contribution >= 0.6 is 0 Å². The second-order valence-electron chi connectivity index (χ2n) is 5.09. The van der Waals surface area contributed by atoms with E-state index < -0.39 is 39.7 Å². The molecule has 1 aromatic rings. The molecule has 1 atom stereocenters. The molecule has 0 unspecified atom stereocenters. The highest BCUT2D eigenvalue weighted by Crippen LogP contribution is 2.41. The molecule has 0 radical (unpaired) electrons. The van der Waals surface area contributed by atoms with Crippen LogP contribution in [0.4, 0.5) is 9.18 Å². The van der Waals surface area contributed by atoms with Gasteiger partial charge >= 0.3 is 6.03 Å². The van der Waals surface area contributed by atoms with Crippen LogP contribution in [0.15, 0.2) is 23.1 Å². The van der Waals surface area contributed by atoms with Crippen LogP contribution in [0.2, 0.25) is 0 Å². The third-order valence-electron chi connectivity index (χ3n) is 3.89. The highest BCUT2D eigenvalue weighted by Gasteiger charge is 2.56. The first-order valence-electron chi connectivity index (χ1n) is 6.36. The van der Waals surface area contributed by atoms with E-state index in [1.807, 2.05) is 0 Å². The van der Waals surface area contributed by atoms with Crippen LogP contribution in [0.5, 0.6) is 0 Å². The predicted octanol–water partition coefficient (Wildman–Crippen LogP) is 0.274. The molecule has 0 saturated carbocycles.